The average molecular weight is 499 g/mol. The molecule has 6 nitrogen and oxygen atoms in total. The van der Waals surface area contributed by atoms with Crippen molar-refractivity contribution in [3.8, 4) is 5.69 Å². The largest absolute Gasteiger partial charge is 0.349 e. The summed E-state index contributed by atoms with van der Waals surface area (Å²) in [4.78, 5) is 32.0. The van der Waals surface area contributed by atoms with E-state index in [1.807, 2.05) is 38.1 Å². The van der Waals surface area contributed by atoms with Crippen LogP contribution in [-0.4, -0.2) is 39.5 Å². The molecular formula is C29H30N4O2S. The molecule has 1 amide bonds. The molecule has 36 heavy (non-hydrogen) atoms. The van der Waals surface area contributed by atoms with Crippen LogP contribution in [0.2, 0.25) is 0 Å². The zero-order valence-electron chi connectivity index (χ0n) is 20.6. The van der Waals surface area contributed by atoms with Gasteiger partial charge < -0.3 is 10.3 Å². The minimum absolute atomic E-state index is 0.128. The third-order valence-electron chi connectivity index (χ3n) is 7.15. The summed E-state index contributed by atoms with van der Waals surface area (Å²) in [5, 5.41) is 3.67. The van der Waals surface area contributed by atoms with Gasteiger partial charge in [-0.15, -0.1) is 0 Å². The summed E-state index contributed by atoms with van der Waals surface area (Å²) >= 11 is 5.55. The molecule has 5 rings (SSSR count). The second-order valence-corrected chi connectivity index (χ2v) is 9.95. The molecule has 0 saturated carbocycles. The van der Waals surface area contributed by atoms with E-state index in [1.54, 1.807) is 18.2 Å². The number of piperidine rings is 1. The van der Waals surface area contributed by atoms with Crippen molar-refractivity contribution in [1.82, 2.24) is 19.8 Å². The number of benzene rings is 3. The Bertz CT molecular complexity index is 1530. The van der Waals surface area contributed by atoms with Gasteiger partial charge in [0.15, 0.2) is 4.77 Å². The summed E-state index contributed by atoms with van der Waals surface area (Å²) in [6.45, 7) is 6.82. The number of aromatic amines is 1. The maximum Gasteiger partial charge on any atom is 0.266 e. The number of nitrogens with one attached hydrogen (secondary N) is 2. The highest BCUT2D eigenvalue weighted by atomic mass is 32.1. The predicted octanol–water partition coefficient (Wildman–Crippen LogP) is 5.06. The van der Waals surface area contributed by atoms with Crippen LogP contribution in [0.4, 0.5) is 0 Å². The minimum atomic E-state index is -0.194. The average Bonchev–Trinajstić information content (AvgIpc) is 2.88. The zero-order valence-corrected chi connectivity index (χ0v) is 21.4. The Morgan fingerprint density at radius 1 is 1.03 bits per heavy atom. The molecule has 0 radical (unpaired) electrons. The number of carbonyl (C=O) groups is 1. The van der Waals surface area contributed by atoms with Crippen LogP contribution in [-0.2, 0) is 6.54 Å². The van der Waals surface area contributed by atoms with E-state index < -0.39 is 0 Å². The highest BCUT2D eigenvalue weighted by Gasteiger charge is 2.21. The Labute approximate surface area is 215 Å². The molecule has 7 heteroatoms. The first-order valence-corrected chi connectivity index (χ1v) is 12.7. The molecule has 2 heterocycles. The van der Waals surface area contributed by atoms with E-state index >= 15 is 0 Å². The topological polar surface area (TPSA) is 70.1 Å². The van der Waals surface area contributed by atoms with E-state index in [0.717, 1.165) is 49.3 Å². The second-order valence-electron chi connectivity index (χ2n) is 9.56. The Balaban J connectivity index is 1.31. The van der Waals surface area contributed by atoms with Crippen molar-refractivity contribution in [2.75, 3.05) is 13.1 Å². The number of aromatic nitrogens is 2. The maximum atomic E-state index is 13.3. The summed E-state index contributed by atoms with van der Waals surface area (Å²) in [6, 6.07) is 21.6. The van der Waals surface area contributed by atoms with Gasteiger partial charge in [-0.1, -0.05) is 42.5 Å². The van der Waals surface area contributed by atoms with Crippen LogP contribution in [0.5, 0.6) is 0 Å². The molecule has 1 fully saturated rings. The lowest BCUT2D eigenvalue weighted by Gasteiger charge is -2.32. The highest BCUT2D eigenvalue weighted by molar-refractivity contribution is 7.71. The fourth-order valence-corrected chi connectivity index (χ4v) is 5.19. The van der Waals surface area contributed by atoms with Gasteiger partial charge in [-0.2, -0.15) is 0 Å². The number of fused-ring (bicyclic) bond motifs is 1. The van der Waals surface area contributed by atoms with Gasteiger partial charge in [0.2, 0.25) is 0 Å². The first kappa shape index (κ1) is 24.2. The van der Waals surface area contributed by atoms with Gasteiger partial charge in [0.1, 0.15) is 0 Å². The first-order chi connectivity index (χ1) is 17.4. The summed E-state index contributed by atoms with van der Waals surface area (Å²) in [6.07, 6.45) is 1.82. The smallest absolute Gasteiger partial charge is 0.266 e. The van der Waals surface area contributed by atoms with Gasteiger partial charge in [0, 0.05) is 31.2 Å². The molecule has 0 unspecified atom stereocenters. The third-order valence-corrected chi connectivity index (χ3v) is 7.43. The summed E-state index contributed by atoms with van der Waals surface area (Å²) in [7, 11) is 0. The number of hydrogen-bond donors (Lipinski definition) is 2. The lowest BCUT2D eigenvalue weighted by Crippen LogP contribution is -2.44. The highest BCUT2D eigenvalue weighted by Crippen LogP contribution is 2.19. The van der Waals surface area contributed by atoms with Crippen molar-refractivity contribution in [3.63, 3.8) is 0 Å². The Kier molecular flexibility index (Phi) is 6.85. The fourth-order valence-electron chi connectivity index (χ4n) is 4.90. The fraction of sp³-hybridized carbons (Fsp3) is 0.276. The lowest BCUT2D eigenvalue weighted by atomic mass is 10.0. The van der Waals surface area contributed by atoms with Gasteiger partial charge in [-0.05, 0) is 79.9 Å². The number of carbonyl (C=O) groups excluding carboxylic acids is 1. The van der Waals surface area contributed by atoms with Gasteiger partial charge in [0.05, 0.1) is 16.6 Å². The van der Waals surface area contributed by atoms with Crippen LogP contribution in [0.1, 0.15) is 39.9 Å². The van der Waals surface area contributed by atoms with Crippen molar-refractivity contribution in [1.29, 1.82) is 0 Å². The molecule has 0 bridgehead atoms. The van der Waals surface area contributed by atoms with E-state index in [9.17, 15) is 9.59 Å². The molecule has 2 N–H and O–H groups in total. The standard InChI is InChI=1S/C29H30N4O2S/c1-19-7-6-10-26(20(19)2)33-28(35)24-12-11-22(17-25(24)31-29(33)36)27(34)30-23-13-15-32(16-14-23)18-21-8-4-3-5-9-21/h3-12,17,23H,13-16,18H2,1-2H3,(H,30,34)(H,31,36). The molecule has 1 saturated heterocycles. The third kappa shape index (κ3) is 4.90. The summed E-state index contributed by atoms with van der Waals surface area (Å²) < 4.78 is 1.84. The SMILES string of the molecule is Cc1cccc(-n2c(=S)[nH]c3cc(C(=O)NC4CCN(Cc5ccccc5)CC4)ccc3c2=O)c1C. The minimum Gasteiger partial charge on any atom is -0.349 e. The van der Waals surface area contributed by atoms with E-state index in [1.165, 1.54) is 10.1 Å². The number of likely N-dealkylation sites (tertiary alicyclic amines) is 1. The van der Waals surface area contributed by atoms with E-state index in [4.69, 9.17) is 12.2 Å². The van der Waals surface area contributed by atoms with Crippen LogP contribution in [0, 0.1) is 18.6 Å². The van der Waals surface area contributed by atoms with Gasteiger partial charge in [-0.3, -0.25) is 19.1 Å². The van der Waals surface area contributed by atoms with Crippen molar-refractivity contribution >= 4 is 29.0 Å². The van der Waals surface area contributed by atoms with Crippen molar-refractivity contribution in [3.05, 3.63) is 104 Å². The molecule has 4 aromatic rings. The number of rotatable bonds is 5. The molecular weight excluding hydrogens is 468 g/mol. The number of amides is 1. The first-order valence-electron chi connectivity index (χ1n) is 12.3. The molecule has 3 aromatic carbocycles. The molecule has 0 aliphatic carbocycles. The zero-order chi connectivity index (χ0) is 25.2. The number of H-pyrrole nitrogens is 1. The van der Waals surface area contributed by atoms with Gasteiger partial charge >= 0.3 is 0 Å². The molecule has 184 valence electrons. The van der Waals surface area contributed by atoms with Gasteiger partial charge in [-0.25, -0.2) is 0 Å². The van der Waals surface area contributed by atoms with Crippen molar-refractivity contribution < 1.29 is 4.79 Å². The molecule has 0 atom stereocenters. The molecule has 1 aliphatic heterocycles. The predicted molar refractivity (Wildman–Crippen MR) is 146 cm³/mol. The normalized spacial score (nSPS) is 14.7. The van der Waals surface area contributed by atoms with Crippen LogP contribution in [0.3, 0.4) is 0 Å². The quantitative estimate of drug-likeness (QED) is 0.378. The Hall–Kier alpha value is -3.55. The van der Waals surface area contributed by atoms with Crippen molar-refractivity contribution in [2.45, 2.75) is 39.3 Å². The number of nitrogens with zero attached hydrogens (tertiary/aromatic N) is 2. The van der Waals surface area contributed by atoms with E-state index in [0.29, 0.717) is 21.2 Å². The van der Waals surface area contributed by atoms with Crippen LogP contribution in [0.25, 0.3) is 16.6 Å². The number of hydrogen-bond acceptors (Lipinski definition) is 4. The monoisotopic (exact) mass is 498 g/mol. The summed E-state index contributed by atoms with van der Waals surface area (Å²) in [5.41, 5.74) is 5.06. The van der Waals surface area contributed by atoms with Crippen molar-refractivity contribution in [2.24, 2.45) is 0 Å². The van der Waals surface area contributed by atoms with E-state index in [-0.39, 0.29) is 17.5 Å². The maximum absolute atomic E-state index is 13.3. The second kappa shape index (κ2) is 10.2. The Morgan fingerprint density at radius 2 is 1.78 bits per heavy atom. The summed E-state index contributed by atoms with van der Waals surface area (Å²) in [5.74, 6) is -0.128. The molecule has 0 spiro atoms. The number of aryl methyl sites for hydroxylation is 1. The lowest BCUT2D eigenvalue weighted by molar-refractivity contribution is 0.0909. The van der Waals surface area contributed by atoms with Crippen LogP contribution >= 0.6 is 12.2 Å². The van der Waals surface area contributed by atoms with E-state index in [2.05, 4.69) is 39.5 Å². The molecule has 1 aromatic heterocycles. The molecule has 1 aliphatic rings. The van der Waals surface area contributed by atoms with Crippen LogP contribution < -0.4 is 10.9 Å². The Morgan fingerprint density at radius 3 is 2.53 bits per heavy atom. The van der Waals surface area contributed by atoms with Gasteiger partial charge in [0.25, 0.3) is 11.5 Å². The van der Waals surface area contributed by atoms with Crippen LogP contribution in [0.15, 0.2) is 71.5 Å².